The van der Waals surface area contributed by atoms with Crippen molar-refractivity contribution in [3.05, 3.63) is 64.1 Å². The van der Waals surface area contributed by atoms with Crippen molar-refractivity contribution in [1.82, 2.24) is 0 Å². The Morgan fingerprint density at radius 2 is 1.50 bits per heavy atom. The zero-order valence-electron chi connectivity index (χ0n) is 11.0. The Labute approximate surface area is 128 Å². The van der Waals surface area contributed by atoms with Crippen LogP contribution in [0, 0.1) is 11.3 Å². The monoisotopic (exact) mass is 304 g/mol. The summed E-state index contributed by atoms with van der Waals surface area (Å²) in [7, 11) is 0. The van der Waals surface area contributed by atoms with E-state index in [0.717, 1.165) is 11.3 Å². The zero-order chi connectivity index (χ0) is 14.6. The average molecular weight is 305 g/mol. The normalized spacial score (nSPS) is 13.3. The van der Waals surface area contributed by atoms with Crippen molar-refractivity contribution in [3.63, 3.8) is 0 Å². The molecule has 20 heavy (non-hydrogen) atoms. The first-order chi connectivity index (χ1) is 9.50. The largest absolute Gasteiger partial charge is 0.367 e. The standard InChI is InChI=1S/C16H14Cl2N2/c1-16(11-19,10-12-2-4-13(17)5-3-12)20-15-8-6-14(18)7-9-15/h2-9,20H,10H2,1H3. The van der Waals surface area contributed by atoms with Gasteiger partial charge in [-0.3, -0.25) is 0 Å². The van der Waals surface area contributed by atoms with Gasteiger partial charge in [0.25, 0.3) is 0 Å². The van der Waals surface area contributed by atoms with E-state index in [9.17, 15) is 5.26 Å². The van der Waals surface area contributed by atoms with E-state index in [2.05, 4.69) is 11.4 Å². The molecule has 0 saturated heterocycles. The quantitative estimate of drug-likeness (QED) is 0.869. The summed E-state index contributed by atoms with van der Waals surface area (Å²) in [5.74, 6) is 0. The summed E-state index contributed by atoms with van der Waals surface area (Å²) >= 11 is 11.7. The van der Waals surface area contributed by atoms with Crippen molar-refractivity contribution >= 4 is 28.9 Å². The molecule has 0 fully saturated rings. The van der Waals surface area contributed by atoms with Gasteiger partial charge in [-0.15, -0.1) is 0 Å². The summed E-state index contributed by atoms with van der Waals surface area (Å²) < 4.78 is 0. The van der Waals surface area contributed by atoms with Crippen LogP contribution in [0.1, 0.15) is 12.5 Å². The van der Waals surface area contributed by atoms with Gasteiger partial charge < -0.3 is 5.32 Å². The van der Waals surface area contributed by atoms with Gasteiger partial charge >= 0.3 is 0 Å². The lowest BCUT2D eigenvalue weighted by molar-refractivity contribution is 0.646. The molecule has 1 atom stereocenters. The number of halogens is 2. The van der Waals surface area contributed by atoms with E-state index in [1.807, 2.05) is 43.3 Å². The molecule has 0 heterocycles. The topological polar surface area (TPSA) is 35.8 Å². The summed E-state index contributed by atoms with van der Waals surface area (Å²) in [5.41, 5.74) is 1.23. The summed E-state index contributed by atoms with van der Waals surface area (Å²) in [5, 5.41) is 14.1. The maximum absolute atomic E-state index is 9.45. The second-order valence-corrected chi connectivity index (χ2v) is 5.75. The van der Waals surface area contributed by atoms with Crippen LogP contribution in [0.2, 0.25) is 10.0 Å². The molecule has 0 aromatic heterocycles. The molecule has 2 rings (SSSR count). The van der Waals surface area contributed by atoms with Crippen LogP contribution in [0.25, 0.3) is 0 Å². The van der Waals surface area contributed by atoms with Crippen LogP contribution >= 0.6 is 23.2 Å². The number of nitriles is 1. The third-order valence-corrected chi connectivity index (χ3v) is 3.49. The smallest absolute Gasteiger partial charge is 0.126 e. The second-order valence-electron chi connectivity index (χ2n) is 4.88. The van der Waals surface area contributed by atoms with Gasteiger partial charge in [0.05, 0.1) is 6.07 Å². The van der Waals surface area contributed by atoms with Crippen LogP contribution in [0.15, 0.2) is 48.5 Å². The molecule has 0 spiro atoms. The second kappa shape index (κ2) is 6.17. The highest BCUT2D eigenvalue weighted by Gasteiger charge is 2.24. The Kier molecular flexibility index (Phi) is 4.54. The molecule has 0 saturated carbocycles. The van der Waals surface area contributed by atoms with Crippen LogP contribution in [-0.4, -0.2) is 5.54 Å². The summed E-state index contributed by atoms with van der Waals surface area (Å²) in [4.78, 5) is 0. The minimum Gasteiger partial charge on any atom is -0.367 e. The van der Waals surface area contributed by atoms with Crippen LogP contribution < -0.4 is 5.32 Å². The molecule has 102 valence electrons. The molecule has 0 aliphatic heterocycles. The maximum Gasteiger partial charge on any atom is 0.126 e. The van der Waals surface area contributed by atoms with Gasteiger partial charge in [-0.1, -0.05) is 35.3 Å². The third-order valence-electron chi connectivity index (χ3n) is 2.98. The molecule has 4 heteroatoms. The fourth-order valence-corrected chi connectivity index (χ4v) is 2.23. The summed E-state index contributed by atoms with van der Waals surface area (Å²) in [6.07, 6.45) is 0.587. The first-order valence-electron chi connectivity index (χ1n) is 6.20. The number of nitrogens with zero attached hydrogens (tertiary/aromatic N) is 1. The van der Waals surface area contributed by atoms with Crippen LogP contribution in [0.4, 0.5) is 5.69 Å². The van der Waals surface area contributed by atoms with Gasteiger partial charge in [0.15, 0.2) is 0 Å². The zero-order valence-corrected chi connectivity index (χ0v) is 12.5. The van der Waals surface area contributed by atoms with E-state index < -0.39 is 5.54 Å². The first-order valence-corrected chi connectivity index (χ1v) is 6.96. The average Bonchev–Trinajstić information content (AvgIpc) is 2.44. The number of benzene rings is 2. The molecular formula is C16H14Cl2N2. The molecule has 2 nitrogen and oxygen atoms in total. The van der Waals surface area contributed by atoms with Gasteiger partial charge in [0.1, 0.15) is 5.54 Å². The van der Waals surface area contributed by atoms with E-state index in [1.165, 1.54) is 0 Å². The fraction of sp³-hybridized carbons (Fsp3) is 0.188. The Balaban J connectivity index is 2.14. The minimum absolute atomic E-state index is 0.587. The van der Waals surface area contributed by atoms with E-state index >= 15 is 0 Å². The number of rotatable bonds is 4. The SMILES string of the molecule is CC(C#N)(Cc1ccc(Cl)cc1)Nc1ccc(Cl)cc1. The molecule has 2 aromatic rings. The highest BCUT2D eigenvalue weighted by Crippen LogP contribution is 2.22. The minimum atomic E-state index is -0.693. The van der Waals surface area contributed by atoms with E-state index in [0.29, 0.717) is 16.5 Å². The van der Waals surface area contributed by atoms with Crippen molar-refractivity contribution < 1.29 is 0 Å². The van der Waals surface area contributed by atoms with E-state index in [1.54, 1.807) is 12.1 Å². The first kappa shape index (κ1) is 14.7. The van der Waals surface area contributed by atoms with Crippen LogP contribution in [0.5, 0.6) is 0 Å². The van der Waals surface area contributed by atoms with Crippen LogP contribution in [-0.2, 0) is 6.42 Å². The predicted octanol–water partition coefficient (Wildman–Crippen LogP) is 4.93. The van der Waals surface area contributed by atoms with Gasteiger partial charge in [0, 0.05) is 22.2 Å². The number of anilines is 1. The third kappa shape index (κ3) is 3.90. The lowest BCUT2D eigenvalue weighted by Gasteiger charge is -2.24. The van der Waals surface area contributed by atoms with Gasteiger partial charge in [-0.05, 0) is 48.9 Å². The van der Waals surface area contributed by atoms with Gasteiger partial charge in [0.2, 0.25) is 0 Å². The molecule has 2 aromatic carbocycles. The predicted molar refractivity (Wildman–Crippen MR) is 84.2 cm³/mol. The van der Waals surface area contributed by atoms with Crippen molar-refractivity contribution in [2.45, 2.75) is 18.9 Å². The number of nitrogens with one attached hydrogen (secondary N) is 1. The molecule has 0 radical (unpaired) electrons. The van der Waals surface area contributed by atoms with Crippen molar-refractivity contribution in [2.24, 2.45) is 0 Å². The maximum atomic E-state index is 9.45. The Morgan fingerprint density at radius 3 is 2.00 bits per heavy atom. The van der Waals surface area contributed by atoms with E-state index in [4.69, 9.17) is 23.2 Å². The molecule has 0 aliphatic carbocycles. The number of hydrogen-bond donors (Lipinski definition) is 1. The fourth-order valence-electron chi connectivity index (χ4n) is 1.97. The van der Waals surface area contributed by atoms with Gasteiger partial charge in [-0.2, -0.15) is 5.26 Å². The van der Waals surface area contributed by atoms with E-state index in [-0.39, 0.29) is 0 Å². The summed E-state index contributed by atoms with van der Waals surface area (Å²) in [6.45, 7) is 1.87. The Morgan fingerprint density at radius 1 is 1.00 bits per heavy atom. The molecule has 0 amide bonds. The summed E-state index contributed by atoms with van der Waals surface area (Å²) in [6, 6.07) is 17.2. The highest BCUT2D eigenvalue weighted by molar-refractivity contribution is 6.30. The molecular weight excluding hydrogens is 291 g/mol. The lowest BCUT2D eigenvalue weighted by atomic mass is 9.94. The van der Waals surface area contributed by atoms with Crippen molar-refractivity contribution in [1.29, 1.82) is 5.26 Å². The van der Waals surface area contributed by atoms with Crippen molar-refractivity contribution in [3.8, 4) is 6.07 Å². The molecule has 0 bridgehead atoms. The van der Waals surface area contributed by atoms with Gasteiger partial charge in [-0.25, -0.2) is 0 Å². The number of hydrogen-bond acceptors (Lipinski definition) is 2. The molecule has 0 aliphatic rings. The molecule has 1 N–H and O–H groups in total. The van der Waals surface area contributed by atoms with Crippen molar-refractivity contribution in [2.75, 3.05) is 5.32 Å². The highest BCUT2D eigenvalue weighted by atomic mass is 35.5. The molecule has 1 unspecified atom stereocenters. The van der Waals surface area contributed by atoms with Crippen LogP contribution in [0.3, 0.4) is 0 Å². The Bertz CT molecular complexity index is 565. The lowest BCUT2D eigenvalue weighted by Crippen LogP contribution is -2.35. The Hall–Kier alpha value is -1.69.